The van der Waals surface area contributed by atoms with Crippen LogP contribution in [-0.4, -0.2) is 24.4 Å². The van der Waals surface area contributed by atoms with E-state index in [0.29, 0.717) is 12.5 Å². The largest absolute Gasteiger partial charge is 0.491 e. The van der Waals surface area contributed by atoms with Crippen molar-refractivity contribution in [1.82, 2.24) is 0 Å². The highest BCUT2D eigenvalue weighted by Crippen LogP contribution is 2.17. The molecule has 0 radical (unpaired) electrons. The van der Waals surface area contributed by atoms with Gasteiger partial charge in [-0.3, -0.25) is 4.99 Å². The number of aliphatic imine (C=N–C) groups is 1. The van der Waals surface area contributed by atoms with E-state index in [9.17, 15) is 0 Å². The Kier molecular flexibility index (Phi) is 9.63. The number of thioether (sulfide) groups is 1. The Bertz CT molecular complexity index is 618. The average molecular weight is 457 g/mol. The highest BCUT2D eigenvalue weighted by Gasteiger charge is 1.99. The predicted molar refractivity (Wildman–Crippen MR) is 115 cm³/mol. The van der Waals surface area contributed by atoms with E-state index in [1.165, 1.54) is 4.90 Å². The van der Waals surface area contributed by atoms with Crippen molar-refractivity contribution >= 4 is 47.4 Å². The fraction of sp³-hybridized carbons (Fsp3) is 0.278. The number of anilines is 1. The number of hydrogen-bond donors (Lipinski definition) is 2. The number of nitrogens with two attached hydrogens (primary N) is 1. The lowest BCUT2D eigenvalue weighted by Gasteiger charge is -2.10. The van der Waals surface area contributed by atoms with Crippen LogP contribution in [-0.2, 0) is 0 Å². The summed E-state index contributed by atoms with van der Waals surface area (Å²) in [6.45, 7) is 4.68. The SMILES string of the molecule is CC(C)Oc1ccc(NC(N)=NCCSc2ccccc2)cc1.I. The molecule has 0 saturated carbocycles. The summed E-state index contributed by atoms with van der Waals surface area (Å²) in [5.41, 5.74) is 6.80. The van der Waals surface area contributed by atoms with Gasteiger partial charge in [-0.1, -0.05) is 18.2 Å². The van der Waals surface area contributed by atoms with Crippen LogP contribution in [0.3, 0.4) is 0 Å². The number of rotatable bonds is 7. The van der Waals surface area contributed by atoms with E-state index in [2.05, 4.69) is 22.4 Å². The lowest BCUT2D eigenvalue weighted by molar-refractivity contribution is 0.242. The van der Waals surface area contributed by atoms with E-state index in [-0.39, 0.29) is 30.1 Å². The molecule has 0 aliphatic heterocycles. The fourth-order valence-corrected chi connectivity index (χ4v) is 2.69. The minimum Gasteiger partial charge on any atom is -0.491 e. The Hall–Kier alpha value is -1.41. The number of ether oxygens (including phenoxy) is 1. The second-order valence-corrected chi connectivity index (χ2v) is 6.41. The molecule has 2 aromatic rings. The monoisotopic (exact) mass is 457 g/mol. The van der Waals surface area contributed by atoms with Gasteiger partial charge in [0.1, 0.15) is 5.75 Å². The third kappa shape index (κ3) is 7.92. The minimum absolute atomic E-state index is 0. The van der Waals surface area contributed by atoms with Gasteiger partial charge in [-0.05, 0) is 50.2 Å². The van der Waals surface area contributed by atoms with Crippen molar-refractivity contribution in [2.75, 3.05) is 17.6 Å². The van der Waals surface area contributed by atoms with Crippen LogP contribution < -0.4 is 15.8 Å². The van der Waals surface area contributed by atoms with Gasteiger partial charge < -0.3 is 15.8 Å². The van der Waals surface area contributed by atoms with Crippen molar-refractivity contribution in [3.8, 4) is 5.75 Å². The molecule has 0 bridgehead atoms. The van der Waals surface area contributed by atoms with Gasteiger partial charge in [-0.15, -0.1) is 35.7 Å². The van der Waals surface area contributed by atoms with Crippen molar-refractivity contribution in [2.45, 2.75) is 24.8 Å². The standard InChI is InChI=1S/C18H23N3OS.HI/c1-14(2)22-16-10-8-15(9-11-16)21-18(19)20-12-13-23-17-6-4-3-5-7-17;/h3-11,14H,12-13H2,1-2H3,(H3,19,20,21);1H. The Balaban J connectivity index is 0.00000288. The molecule has 24 heavy (non-hydrogen) atoms. The molecule has 0 unspecified atom stereocenters. The average Bonchev–Trinajstić information content (AvgIpc) is 2.54. The summed E-state index contributed by atoms with van der Waals surface area (Å²) < 4.78 is 5.60. The minimum atomic E-state index is 0. The summed E-state index contributed by atoms with van der Waals surface area (Å²) in [4.78, 5) is 5.58. The van der Waals surface area contributed by atoms with Crippen LogP contribution in [0.15, 0.2) is 64.5 Å². The first-order valence-electron chi connectivity index (χ1n) is 7.65. The summed E-state index contributed by atoms with van der Waals surface area (Å²) in [6.07, 6.45) is 0.169. The van der Waals surface area contributed by atoms with Crippen molar-refractivity contribution in [3.05, 3.63) is 54.6 Å². The van der Waals surface area contributed by atoms with Gasteiger partial charge in [0.15, 0.2) is 5.96 Å². The van der Waals surface area contributed by atoms with Crippen molar-refractivity contribution in [2.24, 2.45) is 10.7 Å². The molecule has 0 fully saturated rings. The highest BCUT2D eigenvalue weighted by molar-refractivity contribution is 14.0. The van der Waals surface area contributed by atoms with E-state index < -0.39 is 0 Å². The Labute approximate surface area is 165 Å². The van der Waals surface area contributed by atoms with Crippen LogP contribution in [0.5, 0.6) is 5.75 Å². The van der Waals surface area contributed by atoms with Gasteiger partial charge in [0.2, 0.25) is 0 Å². The van der Waals surface area contributed by atoms with Gasteiger partial charge in [-0.2, -0.15) is 0 Å². The van der Waals surface area contributed by atoms with E-state index >= 15 is 0 Å². The number of benzene rings is 2. The van der Waals surface area contributed by atoms with E-state index in [0.717, 1.165) is 17.2 Å². The summed E-state index contributed by atoms with van der Waals surface area (Å²) in [6, 6.07) is 18.0. The smallest absolute Gasteiger partial charge is 0.193 e. The van der Waals surface area contributed by atoms with Crippen molar-refractivity contribution < 1.29 is 4.74 Å². The first kappa shape index (κ1) is 20.6. The Morgan fingerprint density at radius 2 is 1.79 bits per heavy atom. The zero-order valence-electron chi connectivity index (χ0n) is 13.9. The lowest BCUT2D eigenvalue weighted by Crippen LogP contribution is -2.23. The lowest BCUT2D eigenvalue weighted by atomic mass is 10.3. The molecule has 0 saturated heterocycles. The maximum Gasteiger partial charge on any atom is 0.193 e. The van der Waals surface area contributed by atoms with Crippen LogP contribution in [0.25, 0.3) is 0 Å². The molecular formula is C18H24IN3OS. The molecule has 0 aromatic heterocycles. The zero-order valence-corrected chi connectivity index (χ0v) is 17.1. The molecule has 0 aliphatic carbocycles. The molecule has 0 spiro atoms. The fourth-order valence-electron chi connectivity index (χ4n) is 1.92. The molecule has 4 nitrogen and oxygen atoms in total. The predicted octanol–water partition coefficient (Wildman–Crippen LogP) is 4.61. The molecular weight excluding hydrogens is 433 g/mol. The molecule has 0 heterocycles. The second-order valence-electron chi connectivity index (χ2n) is 5.24. The summed E-state index contributed by atoms with van der Waals surface area (Å²) in [5, 5.41) is 3.08. The van der Waals surface area contributed by atoms with Crippen molar-refractivity contribution in [3.63, 3.8) is 0 Å². The molecule has 3 N–H and O–H groups in total. The molecule has 130 valence electrons. The number of nitrogens with zero attached hydrogens (tertiary/aromatic N) is 1. The van der Waals surface area contributed by atoms with E-state index in [1.54, 1.807) is 11.8 Å². The van der Waals surface area contributed by atoms with Crippen LogP contribution >= 0.6 is 35.7 Å². The molecule has 2 aromatic carbocycles. The third-order valence-electron chi connectivity index (χ3n) is 2.88. The quantitative estimate of drug-likeness (QED) is 0.210. The second kappa shape index (κ2) is 11.2. The molecule has 0 amide bonds. The summed E-state index contributed by atoms with van der Waals surface area (Å²) in [7, 11) is 0. The zero-order chi connectivity index (χ0) is 16.5. The molecule has 6 heteroatoms. The maximum atomic E-state index is 5.90. The van der Waals surface area contributed by atoms with Crippen LogP contribution in [0, 0.1) is 0 Å². The van der Waals surface area contributed by atoms with Crippen LogP contribution in [0.1, 0.15) is 13.8 Å². The van der Waals surface area contributed by atoms with E-state index in [4.69, 9.17) is 10.5 Å². The number of hydrogen-bond acceptors (Lipinski definition) is 3. The van der Waals surface area contributed by atoms with Gasteiger partial charge >= 0.3 is 0 Å². The molecule has 0 atom stereocenters. The maximum absolute atomic E-state index is 5.90. The first-order chi connectivity index (χ1) is 11.1. The van der Waals surface area contributed by atoms with Gasteiger partial charge in [-0.25, -0.2) is 0 Å². The molecule has 2 rings (SSSR count). The normalized spacial score (nSPS) is 11.0. The van der Waals surface area contributed by atoms with Crippen LogP contribution in [0.4, 0.5) is 5.69 Å². The highest BCUT2D eigenvalue weighted by atomic mass is 127. The number of nitrogens with one attached hydrogen (secondary N) is 1. The Morgan fingerprint density at radius 1 is 1.12 bits per heavy atom. The van der Waals surface area contributed by atoms with E-state index in [1.807, 2.05) is 56.3 Å². The topological polar surface area (TPSA) is 59.6 Å². The van der Waals surface area contributed by atoms with Crippen LogP contribution in [0.2, 0.25) is 0 Å². The number of guanidine groups is 1. The van der Waals surface area contributed by atoms with Gasteiger partial charge in [0.05, 0.1) is 12.6 Å². The first-order valence-corrected chi connectivity index (χ1v) is 8.63. The van der Waals surface area contributed by atoms with Gasteiger partial charge in [0, 0.05) is 16.3 Å². The third-order valence-corrected chi connectivity index (χ3v) is 3.88. The van der Waals surface area contributed by atoms with Crippen molar-refractivity contribution in [1.29, 1.82) is 0 Å². The molecule has 0 aliphatic rings. The van der Waals surface area contributed by atoms with Gasteiger partial charge in [0.25, 0.3) is 0 Å². The summed E-state index contributed by atoms with van der Waals surface area (Å²) in [5.74, 6) is 2.17. The number of halogens is 1. The Morgan fingerprint density at radius 3 is 2.42 bits per heavy atom. The summed E-state index contributed by atoms with van der Waals surface area (Å²) >= 11 is 1.77.